The zero-order valence-corrected chi connectivity index (χ0v) is 21.4. The van der Waals surface area contributed by atoms with Gasteiger partial charge in [0.05, 0.1) is 5.56 Å². The lowest BCUT2D eigenvalue weighted by Gasteiger charge is -2.47. The largest absolute Gasteiger partial charge is 0.490 e. The van der Waals surface area contributed by atoms with E-state index in [9.17, 15) is 31.1 Å². The summed E-state index contributed by atoms with van der Waals surface area (Å²) in [5.41, 5.74) is 2.66. The number of hydrogen-bond acceptors (Lipinski definition) is 6. The minimum atomic E-state index is -5.08. The van der Waals surface area contributed by atoms with Crippen LogP contribution in [0, 0.1) is 5.41 Å². The van der Waals surface area contributed by atoms with Gasteiger partial charge in [-0.1, -0.05) is 0 Å². The van der Waals surface area contributed by atoms with Crippen molar-refractivity contribution in [2.45, 2.75) is 44.6 Å². The summed E-state index contributed by atoms with van der Waals surface area (Å²) >= 11 is 1.60. The molecule has 2 aromatic heterocycles. The predicted octanol–water partition coefficient (Wildman–Crippen LogP) is 4.93. The van der Waals surface area contributed by atoms with Gasteiger partial charge in [-0.15, -0.1) is 0 Å². The van der Waals surface area contributed by atoms with Crippen LogP contribution in [-0.2, 0) is 16.1 Å². The van der Waals surface area contributed by atoms with E-state index >= 15 is 0 Å². The lowest BCUT2D eigenvalue weighted by molar-refractivity contribution is -0.193. The molecule has 216 valence electrons. The molecule has 0 radical (unpaired) electrons. The van der Waals surface area contributed by atoms with Gasteiger partial charge in [0.15, 0.2) is 0 Å². The molecular formula is C24H27F6N3O5S. The monoisotopic (exact) mass is 583 g/mol. The molecule has 1 amide bonds. The van der Waals surface area contributed by atoms with Crippen LogP contribution in [0.4, 0.5) is 26.3 Å². The smallest absolute Gasteiger partial charge is 0.475 e. The summed E-state index contributed by atoms with van der Waals surface area (Å²) in [6, 6.07) is 6.16. The molecule has 2 aromatic rings. The molecule has 0 bridgehead atoms. The number of aliphatic carboxylic acids is 2. The Morgan fingerprint density at radius 2 is 1.31 bits per heavy atom. The Balaban J connectivity index is 0.000000317. The minimum Gasteiger partial charge on any atom is -0.475 e. The topological polar surface area (TPSA) is 111 Å². The number of carboxylic acid groups (broad SMARTS) is 2. The maximum absolute atomic E-state index is 12.5. The molecule has 0 saturated carbocycles. The first-order valence-corrected chi connectivity index (χ1v) is 12.6. The number of hydrogen-bond donors (Lipinski definition) is 2. The minimum absolute atomic E-state index is 0.214. The Bertz CT molecular complexity index is 1040. The molecule has 2 aliphatic heterocycles. The SMILES string of the molecule is O=C(O)C(F)(F)F.O=C(O)C(F)(F)F.O=C(c1ccsc1)N1CCC2(CCN(Cc3ccncc3)CC2)CC1. The van der Waals surface area contributed by atoms with Gasteiger partial charge in [0.25, 0.3) is 5.91 Å². The van der Waals surface area contributed by atoms with Crippen molar-refractivity contribution in [2.75, 3.05) is 26.2 Å². The van der Waals surface area contributed by atoms with E-state index in [0.29, 0.717) is 5.41 Å². The average molecular weight is 584 g/mol. The normalized spacial score (nSPS) is 17.3. The Labute approximate surface area is 223 Å². The number of pyridine rings is 1. The molecular weight excluding hydrogens is 556 g/mol. The second-order valence-electron chi connectivity index (χ2n) is 9.04. The van der Waals surface area contributed by atoms with Crippen molar-refractivity contribution in [1.29, 1.82) is 0 Å². The van der Waals surface area contributed by atoms with Crippen molar-refractivity contribution < 1.29 is 50.9 Å². The van der Waals surface area contributed by atoms with E-state index in [-0.39, 0.29) is 5.91 Å². The number of aromatic nitrogens is 1. The maximum Gasteiger partial charge on any atom is 0.490 e. The molecule has 2 fully saturated rings. The zero-order chi connectivity index (χ0) is 29.3. The number of carbonyl (C=O) groups excluding carboxylic acids is 1. The number of alkyl halides is 6. The van der Waals surface area contributed by atoms with Gasteiger partial charge in [0.1, 0.15) is 0 Å². The van der Waals surface area contributed by atoms with Gasteiger partial charge in [-0.25, -0.2) is 9.59 Å². The van der Waals surface area contributed by atoms with Crippen LogP contribution in [0.3, 0.4) is 0 Å². The molecule has 0 aromatic carbocycles. The molecule has 4 heterocycles. The second kappa shape index (κ2) is 13.7. The van der Waals surface area contributed by atoms with Crippen molar-refractivity contribution >= 4 is 29.2 Å². The van der Waals surface area contributed by atoms with Gasteiger partial charge < -0.3 is 15.1 Å². The molecule has 8 nitrogen and oxygen atoms in total. The number of rotatable bonds is 3. The Morgan fingerprint density at radius 1 is 0.846 bits per heavy atom. The molecule has 39 heavy (non-hydrogen) atoms. The van der Waals surface area contributed by atoms with Crippen LogP contribution in [0.2, 0.25) is 0 Å². The van der Waals surface area contributed by atoms with Gasteiger partial charge in [-0.05, 0) is 73.3 Å². The van der Waals surface area contributed by atoms with Crippen molar-refractivity contribution in [1.82, 2.24) is 14.8 Å². The van der Waals surface area contributed by atoms with Gasteiger partial charge in [0, 0.05) is 37.4 Å². The highest BCUT2D eigenvalue weighted by molar-refractivity contribution is 7.08. The molecule has 2 aliphatic rings. The number of nitrogens with zero attached hydrogens (tertiary/aromatic N) is 3. The van der Waals surface area contributed by atoms with E-state index in [2.05, 4.69) is 26.9 Å². The summed E-state index contributed by atoms with van der Waals surface area (Å²) < 4.78 is 63.5. The lowest BCUT2D eigenvalue weighted by Crippen LogP contribution is -2.48. The highest BCUT2D eigenvalue weighted by atomic mass is 32.1. The Hall–Kier alpha value is -3.20. The maximum atomic E-state index is 12.5. The van der Waals surface area contributed by atoms with Crippen LogP contribution in [0.5, 0.6) is 0 Å². The number of carboxylic acids is 2. The van der Waals surface area contributed by atoms with Gasteiger partial charge in [-0.3, -0.25) is 14.7 Å². The summed E-state index contributed by atoms with van der Waals surface area (Å²) in [6.07, 6.45) is -1.57. The summed E-state index contributed by atoms with van der Waals surface area (Å²) in [6.45, 7) is 5.20. The van der Waals surface area contributed by atoms with E-state index < -0.39 is 24.3 Å². The van der Waals surface area contributed by atoms with Gasteiger partial charge >= 0.3 is 24.3 Å². The second-order valence-corrected chi connectivity index (χ2v) is 9.82. The number of piperidine rings is 2. The number of thiophene rings is 1. The molecule has 15 heteroatoms. The predicted molar refractivity (Wildman–Crippen MR) is 128 cm³/mol. The van der Waals surface area contributed by atoms with Crippen LogP contribution in [0.25, 0.3) is 0 Å². The van der Waals surface area contributed by atoms with Crippen LogP contribution >= 0.6 is 11.3 Å². The number of carbonyl (C=O) groups is 3. The third kappa shape index (κ3) is 10.5. The molecule has 4 rings (SSSR count). The first-order chi connectivity index (χ1) is 18.1. The average Bonchev–Trinajstić information content (AvgIpc) is 3.41. The third-order valence-corrected chi connectivity index (χ3v) is 7.12. The molecule has 0 unspecified atom stereocenters. The van der Waals surface area contributed by atoms with E-state index in [1.54, 1.807) is 11.3 Å². The third-order valence-electron chi connectivity index (χ3n) is 6.44. The van der Waals surface area contributed by atoms with Gasteiger partial charge in [0.2, 0.25) is 0 Å². The number of halogens is 6. The van der Waals surface area contributed by atoms with Crippen molar-refractivity contribution in [3.05, 3.63) is 52.5 Å². The molecule has 0 aliphatic carbocycles. The van der Waals surface area contributed by atoms with Crippen molar-refractivity contribution in [2.24, 2.45) is 5.41 Å². The van der Waals surface area contributed by atoms with E-state index in [4.69, 9.17) is 19.8 Å². The molecule has 1 spiro atoms. The van der Waals surface area contributed by atoms with E-state index in [0.717, 1.165) is 38.0 Å². The zero-order valence-electron chi connectivity index (χ0n) is 20.5. The highest BCUT2D eigenvalue weighted by Crippen LogP contribution is 2.41. The fourth-order valence-electron chi connectivity index (χ4n) is 4.18. The first kappa shape index (κ1) is 32.0. The van der Waals surface area contributed by atoms with Crippen molar-refractivity contribution in [3.63, 3.8) is 0 Å². The summed E-state index contributed by atoms with van der Waals surface area (Å²) in [7, 11) is 0. The highest BCUT2D eigenvalue weighted by Gasteiger charge is 2.39. The Kier molecular flexibility index (Phi) is 11.3. The van der Waals surface area contributed by atoms with E-state index in [1.807, 2.05) is 29.2 Å². The Morgan fingerprint density at radius 3 is 1.72 bits per heavy atom. The fraction of sp³-hybridized carbons (Fsp3) is 0.500. The lowest BCUT2D eigenvalue weighted by atomic mass is 9.71. The van der Waals surface area contributed by atoms with Crippen LogP contribution in [-0.4, -0.2) is 81.4 Å². The van der Waals surface area contributed by atoms with Crippen molar-refractivity contribution in [3.8, 4) is 0 Å². The number of likely N-dealkylation sites (tertiary alicyclic amines) is 2. The van der Waals surface area contributed by atoms with Crippen LogP contribution in [0.15, 0.2) is 41.4 Å². The number of amides is 1. The van der Waals surface area contributed by atoms with E-state index in [1.165, 1.54) is 31.5 Å². The summed E-state index contributed by atoms with van der Waals surface area (Å²) in [4.78, 5) is 39.0. The fourth-order valence-corrected chi connectivity index (χ4v) is 4.81. The van der Waals surface area contributed by atoms with Gasteiger partial charge in [-0.2, -0.15) is 37.7 Å². The van der Waals surface area contributed by atoms with Crippen LogP contribution in [0.1, 0.15) is 41.6 Å². The quantitative estimate of drug-likeness (QED) is 0.493. The molecule has 0 atom stereocenters. The standard InChI is InChI=1S/C20H25N3OS.2C2HF3O2/c24-19(18-3-14-25-16-18)23-12-6-20(7-13-23)4-10-22(11-5-20)15-17-1-8-21-9-2-17;2*3-2(4,5)1(6)7/h1-3,8-9,14,16H,4-7,10-13,15H2;2*(H,6,7). The first-order valence-electron chi connectivity index (χ1n) is 11.7. The molecule has 2 saturated heterocycles. The summed E-state index contributed by atoms with van der Waals surface area (Å²) in [5, 5.41) is 18.2. The van der Waals surface area contributed by atoms with Crippen LogP contribution < -0.4 is 0 Å². The summed E-state index contributed by atoms with van der Waals surface area (Å²) in [5.74, 6) is -5.30. The molecule has 2 N–H and O–H groups in total.